The fraction of sp³-hybridized carbons (Fsp3) is 0.923. The molecule has 0 aromatic rings. The first-order chi connectivity index (χ1) is 9.79. The lowest BCUT2D eigenvalue weighted by Crippen LogP contribution is -2.54. The minimum atomic E-state index is -3.79. The van der Waals surface area contributed by atoms with Crippen molar-refractivity contribution in [2.75, 3.05) is 19.8 Å². The van der Waals surface area contributed by atoms with E-state index in [1.807, 2.05) is 6.92 Å². The molecule has 8 heteroatoms. The minimum Gasteiger partial charge on any atom is -0.465 e. The zero-order valence-electron chi connectivity index (χ0n) is 13.0. The molecule has 1 heterocycles. The van der Waals surface area contributed by atoms with E-state index in [-0.39, 0.29) is 13.2 Å². The Morgan fingerprint density at radius 3 is 2.67 bits per heavy atom. The summed E-state index contributed by atoms with van der Waals surface area (Å²) in [5, 5.41) is 9.08. The quantitative estimate of drug-likeness (QED) is 0.631. The van der Waals surface area contributed by atoms with Crippen LogP contribution in [0.15, 0.2) is 0 Å². The van der Waals surface area contributed by atoms with Crippen LogP contribution in [0.25, 0.3) is 0 Å². The zero-order valence-corrected chi connectivity index (χ0v) is 13.8. The topological polar surface area (TPSA) is 95.9 Å². The predicted octanol–water partition coefficient (Wildman–Crippen LogP) is 0.399. The number of esters is 1. The second-order valence-electron chi connectivity index (χ2n) is 5.52. The number of ether oxygens (including phenoxy) is 1. The average molecular weight is 322 g/mol. The molecule has 124 valence electrons. The number of carbonyl (C=O) groups excluding carboxylic acids is 1. The Balaban J connectivity index is 2.88. The molecule has 2 atom stereocenters. The monoisotopic (exact) mass is 322 g/mol. The van der Waals surface area contributed by atoms with Gasteiger partial charge in [0.15, 0.2) is 0 Å². The summed E-state index contributed by atoms with van der Waals surface area (Å²) in [7, 11) is -3.79. The van der Waals surface area contributed by atoms with Crippen molar-refractivity contribution in [3.05, 3.63) is 0 Å². The first kappa shape index (κ1) is 18.3. The van der Waals surface area contributed by atoms with E-state index in [0.29, 0.717) is 32.2 Å². The SMILES string of the molecule is CCOC(=O)C1CCCN1S(=O)(=O)NC(C)(CC)CCO. The molecule has 0 saturated carbocycles. The summed E-state index contributed by atoms with van der Waals surface area (Å²) in [5.41, 5.74) is -0.727. The highest BCUT2D eigenvalue weighted by Crippen LogP contribution is 2.24. The Hall–Kier alpha value is -0.700. The molecule has 1 aliphatic heterocycles. The maximum atomic E-state index is 12.5. The zero-order chi connectivity index (χ0) is 16.1. The van der Waals surface area contributed by atoms with Gasteiger partial charge in [-0.2, -0.15) is 17.4 Å². The lowest BCUT2D eigenvalue weighted by molar-refractivity contribution is -0.146. The number of nitrogens with one attached hydrogen (secondary N) is 1. The molecule has 0 aromatic heterocycles. The van der Waals surface area contributed by atoms with E-state index >= 15 is 0 Å². The number of hydrogen-bond donors (Lipinski definition) is 2. The first-order valence-electron chi connectivity index (χ1n) is 7.38. The summed E-state index contributed by atoms with van der Waals surface area (Å²) in [6, 6.07) is -0.752. The van der Waals surface area contributed by atoms with Crippen molar-refractivity contribution in [2.45, 2.75) is 58.0 Å². The van der Waals surface area contributed by atoms with Gasteiger partial charge in [-0.1, -0.05) is 6.92 Å². The van der Waals surface area contributed by atoms with Crippen molar-refractivity contribution in [1.29, 1.82) is 0 Å². The molecule has 1 fully saturated rings. The van der Waals surface area contributed by atoms with Crippen LogP contribution < -0.4 is 4.72 Å². The molecule has 0 aromatic carbocycles. The third-order valence-corrected chi connectivity index (χ3v) is 5.70. The summed E-state index contributed by atoms with van der Waals surface area (Å²) in [5.74, 6) is -0.499. The molecule has 0 radical (unpaired) electrons. The van der Waals surface area contributed by atoms with E-state index in [1.165, 1.54) is 4.31 Å². The van der Waals surface area contributed by atoms with E-state index in [2.05, 4.69) is 4.72 Å². The number of rotatable bonds is 8. The Kier molecular flexibility index (Phi) is 6.58. The molecule has 0 amide bonds. The van der Waals surface area contributed by atoms with E-state index in [1.54, 1.807) is 13.8 Å². The molecular formula is C13H26N2O5S. The van der Waals surface area contributed by atoms with Gasteiger partial charge in [0.2, 0.25) is 0 Å². The van der Waals surface area contributed by atoms with Gasteiger partial charge in [-0.25, -0.2) is 0 Å². The van der Waals surface area contributed by atoms with Crippen molar-refractivity contribution < 1.29 is 23.1 Å². The van der Waals surface area contributed by atoms with Crippen molar-refractivity contribution in [1.82, 2.24) is 9.03 Å². The second-order valence-corrected chi connectivity index (χ2v) is 7.14. The van der Waals surface area contributed by atoms with Gasteiger partial charge in [-0.3, -0.25) is 4.79 Å². The smallest absolute Gasteiger partial charge is 0.324 e. The van der Waals surface area contributed by atoms with Gasteiger partial charge in [-0.05, 0) is 39.5 Å². The van der Waals surface area contributed by atoms with E-state index < -0.39 is 27.8 Å². The van der Waals surface area contributed by atoms with Crippen LogP contribution in [0.5, 0.6) is 0 Å². The van der Waals surface area contributed by atoms with Crippen molar-refractivity contribution in [3.8, 4) is 0 Å². The van der Waals surface area contributed by atoms with Crippen molar-refractivity contribution in [3.63, 3.8) is 0 Å². The molecule has 1 rings (SSSR count). The summed E-state index contributed by atoms with van der Waals surface area (Å²) in [6.45, 7) is 5.72. The van der Waals surface area contributed by atoms with Gasteiger partial charge < -0.3 is 9.84 Å². The molecule has 0 spiro atoms. The third kappa shape index (κ3) is 4.64. The standard InChI is InChI=1S/C13H26N2O5S/c1-4-13(3,8-10-16)14-21(18,19)15-9-6-7-11(15)12(17)20-5-2/h11,14,16H,4-10H2,1-3H3. The molecule has 0 bridgehead atoms. The molecule has 1 saturated heterocycles. The van der Waals surface area contributed by atoms with Crippen LogP contribution in [0.1, 0.15) is 46.5 Å². The summed E-state index contributed by atoms with van der Waals surface area (Å²) >= 11 is 0. The second kappa shape index (κ2) is 7.53. The number of aliphatic hydroxyl groups is 1. The van der Waals surface area contributed by atoms with Crippen molar-refractivity contribution in [2.24, 2.45) is 0 Å². The summed E-state index contributed by atoms with van der Waals surface area (Å²) in [4.78, 5) is 11.9. The lowest BCUT2D eigenvalue weighted by Gasteiger charge is -2.32. The van der Waals surface area contributed by atoms with Crippen LogP contribution in [-0.4, -0.2) is 55.1 Å². The van der Waals surface area contributed by atoms with Crippen LogP contribution in [0, 0.1) is 0 Å². The third-order valence-electron chi connectivity index (χ3n) is 3.89. The maximum Gasteiger partial charge on any atom is 0.324 e. The molecule has 1 aliphatic rings. The van der Waals surface area contributed by atoms with Crippen LogP contribution in [0.3, 0.4) is 0 Å². The van der Waals surface area contributed by atoms with E-state index in [4.69, 9.17) is 9.84 Å². The van der Waals surface area contributed by atoms with Crippen LogP contribution in [0.2, 0.25) is 0 Å². The molecule has 7 nitrogen and oxygen atoms in total. The molecule has 2 unspecified atom stereocenters. The van der Waals surface area contributed by atoms with Gasteiger partial charge in [-0.15, -0.1) is 0 Å². The van der Waals surface area contributed by atoms with Gasteiger partial charge in [0, 0.05) is 18.7 Å². The molecular weight excluding hydrogens is 296 g/mol. The Labute approximate surface area is 126 Å². The van der Waals surface area contributed by atoms with Crippen LogP contribution >= 0.6 is 0 Å². The minimum absolute atomic E-state index is 0.103. The van der Waals surface area contributed by atoms with Gasteiger partial charge in [0.05, 0.1) is 6.61 Å². The summed E-state index contributed by atoms with van der Waals surface area (Å²) in [6.07, 6.45) is 1.97. The summed E-state index contributed by atoms with van der Waals surface area (Å²) < 4.78 is 33.8. The fourth-order valence-electron chi connectivity index (χ4n) is 2.42. The molecule has 21 heavy (non-hydrogen) atoms. The van der Waals surface area contributed by atoms with E-state index in [0.717, 1.165) is 0 Å². The Bertz CT molecular complexity index is 453. The van der Waals surface area contributed by atoms with Gasteiger partial charge in [0.25, 0.3) is 10.2 Å². The number of carbonyl (C=O) groups is 1. The largest absolute Gasteiger partial charge is 0.465 e. The number of aliphatic hydroxyl groups excluding tert-OH is 1. The molecule has 2 N–H and O–H groups in total. The molecule has 0 aliphatic carbocycles. The van der Waals surface area contributed by atoms with Crippen LogP contribution in [-0.2, 0) is 19.7 Å². The highest BCUT2D eigenvalue weighted by molar-refractivity contribution is 7.87. The Morgan fingerprint density at radius 1 is 1.48 bits per heavy atom. The number of hydrogen-bond acceptors (Lipinski definition) is 5. The average Bonchev–Trinajstić information content (AvgIpc) is 2.89. The first-order valence-corrected chi connectivity index (χ1v) is 8.82. The highest BCUT2D eigenvalue weighted by Gasteiger charge is 2.41. The van der Waals surface area contributed by atoms with Gasteiger partial charge >= 0.3 is 5.97 Å². The fourth-order valence-corrected chi connectivity index (χ4v) is 4.30. The highest BCUT2D eigenvalue weighted by atomic mass is 32.2. The van der Waals surface area contributed by atoms with Gasteiger partial charge in [0.1, 0.15) is 6.04 Å². The maximum absolute atomic E-state index is 12.5. The number of nitrogens with zero attached hydrogens (tertiary/aromatic N) is 1. The lowest BCUT2D eigenvalue weighted by atomic mass is 9.97. The Morgan fingerprint density at radius 2 is 2.14 bits per heavy atom. The predicted molar refractivity (Wildman–Crippen MR) is 78.8 cm³/mol. The van der Waals surface area contributed by atoms with E-state index in [9.17, 15) is 13.2 Å². The van der Waals surface area contributed by atoms with Crippen LogP contribution in [0.4, 0.5) is 0 Å². The normalized spacial score (nSPS) is 23.0. The van der Waals surface area contributed by atoms with Crippen molar-refractivity contribution >= 4 is 16.2 Å².